The first kappa shape index (κ1) is 17.7. The fourth-order valence-corrected chi connectivity index (χ4v) is 2.92. The molecule has 1 fully saturated rings. The highest BCUT2D eigenvalue weighted by Gasteiger charge is 2.21. The monoisotopic (exact) mass is 356 g/mol. The number of rotatable bonds is 3. The van der Waals surface area contributed by atoms with Crippen molar-refractivity contribution in [2.75, 3.05) is 41.7 Å². The third-order valence-electron chi connectivity index (χ3n) is 4.17. The van der Waals surface area contributed by atoms with Crippen molar-refractivity contribution in [2.24, 2.45) is 0 Å². The fourth-order valence-electron chi connectivity index (χ4n) is 2.92. The van der Waals surface area contributed by atoms with Crippen LogP contribution in [0.3, 0.4) is 0 Å². The second-order valence-corrected chi connectivity index (χ2v) is 6.15. The lowest BCUT2D eigenvalue weighted by atomic mass is 10.2. The van der Waals surface area contributed by atoms with Gasteiger partial charge in [-0.25, -0.2) is 9.18 Å². The van der Waals surface area contributed by atoms with Crippen molar-refractivity contribution in [1.29, 1.82) is 0 Å². The van der Waals surface area contributed by atoms with E-state index in [-0.39, 0.29) is 17.8 Å². The van der Waals surface area contributed by atoms with Crippen molar-refractivity contribution in [3.63, 3.8) is 0 Å². The van der Waals surface area contributed by atoms with Crippen LogP contribution in [0.1, 0.15) is 6.92 Å². The molecule has 0 aliphatic carbocycles. The maximum atomic E-state index is 13.4. The van der Waals surface area contributed by atoms with Crippen molar-refractivity contribution >= 4 is 29.0 Å². The van der Waals surface area contributed by atoms with Crippen LogP contribution in [0.2, 0.25) is 0 Å². The Morgan fingerprint density at radius 2 is 1.58 bits per heavy atom. The summed E-state index contributed by atoms with van der Waals surface area (Å²) < 4.78 is 13.4. The van der Waals surface area contributed by atoms with E-state index in [0.717, 1.165) is 5.69 Å². The van der Waals surface area contributed by atoms with Gasteiger partial charge in [0.25, 0.3) is 0 Å². The van der Waals surface area contributed by atoms with Gasteiger partial charge in [-0.05, 0) is 36.4 Å². The van der Waals surface area contributed by atoms with Gasteiger partial charge < -0.3 is 20.4 Å². The third kappa shape index (κ3) is 4.50. The first-order chi connectivity index (χ1) is 12.5. The number of carbonyl (C=O) groups excluding carboxylic acids is 2. The Morgan fingerprint density at radius 1 is 0.923 bits per heavy atom. The van der Waals surface area contributed by atoms with E-state index >= 15 is 0 Å². The van der Waals surface area contributed by atoms with E-state index in [2.05, 4.69) is 15.5 Å². The Kier molecular flexibility index (Phi) is 5.36. The van der Waals surface area contributed by atoms with E-state index in [1.54, 1.807) is 35.2 Å². The molecule has 2 aromatic carbocycles. The average molecular weight is 356 g/mol. The Bertz CT molecular complexity index is 804. The van der Waals surface area contributed by atoms with Crippen LogP contribution in [0.5, 0.6) is 0 Å². The summed E-state index contributed by atoms with van der Waals surface area (Å²) in [5, 5.41) is 5.53. The van der Waals surface area contributed by atoms with Gasteiger partial charge >= 0.3 is 6.03 Å². The van der Waals surface area contributed by atoms with Gasteiger partial charge in [0.1, 0.15) is 5.82 Å². The molecule has 1 heterocycles. The number of nitrogens with zero attached hydrogens (tertiary/aromatic N) is 2. The molecule has 136 valence electrons. The second kappa shape index (κ2) is 7.86. The molecule has 0 saturated carbocycles. The van der Waals surface area contributed by atoms with Gasteiger partial charge in [-0.3, -0.25) is 4.79 Å². The Labute approximate surface area is 151 Å². The second-order valence-electron chi connectivity index (χ2n) is 6.15. The number of piperazine rings is 1. The highest BCUT2D eigenvalue weighted by atomic mass is 19.1. The lowest BCUT2D eigenvalue weighted by molar-refractivity contribution is -0.114. The lowest BCUT2D eigenvalue weighted by Gasteiger charge is -2.36. The Morgan fingerprint density at radius 3 is 2.23 bits per heavy atom. The molecule has 3 amide bonds. The summed E-state index contributed by atoms with van der Waals surface area (Å²) >= 11 is 0. The summed E-state index contributed by atoms with van der Waals surface area (Å²) in [6.45, 7) is 3.82. The molecular formula is C19H21FN4O2. The summed E-state index contributed by atoms with van der Waals surface area (Å²) in [5.74, 6) is -0.427. The molecule has 3 rings (SSSR count). The summed E-state index contributed by atoms with van der Waals surface area (Å²) in [4.78, 5) is 27.4. The number of nitrogens with one attached hydrogen (secondary N) is 2. The zero-order chi connectivity index (χ0) is 18.5. The van der Waals surface area contributed by atoms with Crippen LogP contribution < -0.4 is 15.5 Å². The van der Waals surface area contributed by atoms with Gasteiger partial charge in [0.05, 0.1) is 0 Å². The fraction of sp³-hybridized carbons (Fsp3) is 0.263. The van der Waals surface area contributed by atoms with E-state index in [0.29, 0.717) is 37.6 Å². The quantitative estimate of drug-likeness (QED) is 0.888. The number of carbonyl (C=O) groups is 2. The molecule has 0 atom stereocenters. The first-order valence-electron chi connectivity index (χ1n) is 8.45. The van der Waals surface area contributed by atoms with Crippen LogP contribution >= 0.6 is 0 Å². The number of hydrogen-bond acceptors (Lipinski definition) is 3. The van der Waals surface area contributed by atoms with Gasteiger partial charge in [-0.15, -0.1) is 0 Å². The predicted molar refractivity (Wildman–Crippen MR) is 100.0 cm³/mol. The molecule has 2 aromatic rings. The standard InChI is InChI=1S/C19H21FN4O2/c1-14(25)21-16-5-3-6-17(13-16)22-19(26)24-10-8-23(9-11-24)18-7-2-4-15(20)12-18/h2-7,12-13H,8-11H2,1H3,(H,21,25)(H,22,26). The van der Waals surface area contributed by atoms with Gasteiger partial charge in [0.15, 0.2) is 0 Å². The number of benzene rings is 2. The molecule has 26 heavy (non-hydrogen) atoms. The summed E-state index contributed by atoms with van der Waals surface area (Å²) in [7, 11) is 0. The van der Waals surface area contributed by atoms with Gasteiger partial charge in [-0.2, -0.15) is 0 Å². The van der Waals surface area contributed by atoms with Crippen LogP contribution in [0, 0.1) is 5.82 Å². The van der Waals surface area contributed by atoms with Gasteiger partial charge in [0, 0.05) is 50.2 Å². The Balaban J connectivity index is 1.56. The van der Waals surface area contributed by atoms with E-state index in [9.17, 15) is 14.0 Å². The largest absolute Gasteiger partial charge is 0.368 e. The van der Waals surface area contributed by atoms with E-state index in [1.165, 1.54) is 19.1 Å². The minimum absolute atomic E-state index is 0.165. The zero-order valence-corrected chi connectivity index (χ0v) is 14.5. The number of hydrogen-bond donors (Lipinski definition) is 2. The average Bonchev–Trinajstić information content (AvgIpc) is 2.61. The molecule has 1 saturated heterocycles. The third-order valence-corrected chi connectivity index (χ3v) is 4.17. The smallest absolute Gasteiger partial charge is 0.321 e. The molecule has 0 unspecified atom stereocenters. The molecule has 7 heteroatoms. The van der Waals surface area contributed by atoms with Crippen molar-refractivity contribution in [1.82, 2.24) is 4.90 Å². The number of amides is 3. The molecule has 0 spiro atoms. The van der Waals surface area contributed by atoms with Crippen LogP contribution in [0.15, 0.2) is 48.5 Å². The highest BCUT2D eigenvalue weighted by molar-refractivity contribution is 5.92. The summed E-state index contributed by atoms with van der Waals surface area (Å²) in [6.07, 6.45) is 0. The molecule has 0 radical (unpaired) electrons. The van der Waals surface area contributed by atoms with Crippen molar-refractivity contribution in [2.45, 2.75) is 6.92 Å². The number of anilines is 3. The normalized spacial score (nSPS) is 14.1. The molecule has 6 nitrogen and oxygen atoms in total. The molecule has 0 bridgehead atoms. The van der Waals surface area contributed by atoms with Crippen LogP contribution in [0.25, 0.3) is 0 Å². The molecule has 1 aliphatic heterocycles. The maximum Gasteiger partial charge on any atom is 0.321 e. The SMILES string of the molecule is CC(=O)Nc1cccc(NC(=O)N2CCN(c3cccc(F)c3)CC2)c1. The topological polar surface area (TPSA) is 64.7 Å². The number of halogens is 1. The first-order valence-corrected chi connectivity index (χ1v) is 8.45. The maximum absolute atomic E-state index is 13.4. The zero-order valence-electron chi connectivity index (χ0n) is 14.5. The molecule has 0 aromatic heterocycles. The number of urea groups is 1. The van der Waals surface area contributed by atoms with Crippen molar-refractivity contribution < 1.29 is 14.0 Å². The minimum atomic E-state index is -0.262. The van der Waals surface area contributed by atoms with Gasteiger partial charge in [-0.1, -0.05) is 12.1 Å². The highest BCUT2D eigenvalue weighted by Crippen LogP contribution is 2.19. The summed E-state index contributed by atoms with van der Waals surface area (Å²) in [5.41, 5.74) is 2.08. The lowest BCUT2D eigenvalue weighted by Crippen LogP contribution is -2.50. The van der Waals surface area contributed by atoms with E-state index in [4.69, 9.17) is 0 Å². The van der Waals surface area contributed by atoms with Crippen molar-refractivity contribution in [3.8, 4) is 0 Å². The molecular weight excluding hydrogens is 335 g/mol. The van der Waals surface area contributed by atoms with Crippen LogP contribution in [-0.4, -0.2) is 43.0 Å². The summed E-state index contributed by atoms with van der Waals surface area (Å²) in [6, 6.07) is 13.3. The molecule has 2 N–H and O–H groups in total. The van der Waals surface area contributed by atoms with Gasteiger partial charge in [0.2, 0.25) is 5.91 Å². The Hall–Kier alpha value is -3.09. The van der Waals surface area contributed by atoms with Crippen LogP contribution in [0.4, 0.5) is 26.2 Å². The van der Waals surface area contributed by atoms with Crippen LogP contribution in [-0.2, 0) is 4.79 Å². The predicted octanol–water partition coefficient (Wildman–Crippen LogP) is 3.14. The minimum Gasteiger partial charge on any atom is -0.368 e. The molecule has 1 aliphatic rings. The van der Waals surface area contributed by atoms with E-state index in [1.807, 2.05) is 6.07 Å². The van der Waals surface area contributed by atoms with E-state index < -0.39 is 0 Å². The van der Waals surface area contributed by atoms with Crippen molar-refractivity contribution in [3.05, 3.63) is 54.3 Å².